The minimum absolute atomic E-state index is 0.109. The van der Waals surface area contributed by atoms with Gasteiger partial charge in [0.25, 0.3) is 5.91 Å². The van der Waals surface area contributed by atoms with Crippen molar-refractivity contribution >= 4 is 12.2 Å². The minimum Gasteiger partial charge on any atom is -0.493 e. The maximum absolute atomic E-state index is 10.8. The summed E-state index contributed by atoms with van der Waals surface area (Å²) < 4.78 is 0. The van der Waals surface area contributed by atoms with Crippen molar-refractivity contribution in [1.82, 2.24) is 4.98 Å². The van der Waals surface area contributed by atoms with Gasteiger partial charge in [0.2, 0.25) is 11.8 Å². The first kappa shape index (κ1) is 9.97. The molecule has 4 N–H and O–H groups in total. The highest BCUT2D eigenvalue weighted by Crippen LogP contribution is 2.26. The molecule has 1 rings (SSSR count). The molecular formula is C8H8N2O4. The Hall–Kier alpha value is -2.11. The number of nitrogens with zero attached hydrogens (tertiary/aromatic N) is 1. The van der Waals surface area contributed by atoms with Crippen molar-refractivity contribution in [3.63, 3.8) is 0 Å². The molecule has 6 heteroatoms. The van der Waals surface area contributed by atoms with Gasteiger partial charge in [-0.25, -0.2) is 0 Å². The summed E-state index contributed by atoms with van der Waals surface area (Å²) in [6.07, 6.45) is 0.337. The topological polar surface area (TPSA) is 114 Å². The Morgan fingerprint density at radius 3 is 2.43 bits per heavy atom. The molecule has 0 radical (unpaired) electrons. The van der Waals surface area contributed by atoms with Crippen molar-refractivity contribution in [2.24, 2.45) is 5.73 Å². The molecule has 0 aliphatic heterocycles. The molecule has 0 saturated heterocycles. The zero-order valence-electron chi connectivity index (χ0n) is 7.31. The van der Waals surface area contributed by atoms with Gasteiger partial charge in [0.1, 0.15) is 5.56 Å². The molecule has 1 aromatic rings. The molecule has 0 unspecified atom stereocenters. The van der Waals surface area contributed by atoms with Crippen LogP contribution in [0.5, 0.6) is 11.8 Å². The summed E-state index contributed by atoms with van der Waals surface area (Å²) in [5.41, 5.74) is 4.65. The fraction of sp³-hybridized carbons (Fsp3) is 0.125. The quantitative estimate of drug-likeness (QED) is 0.562. The number of aromatic nitrogens is 1. The van der Waals surface area contributed by atoms with Crippen LogP contribution in [0, 0.1) is 6.92 Å². The van der Waals surface area contributed by atoms with E-state index in [9.17, 15) is 14.7 Å². The zero-order valence-corrected chi connectivity index (χ0v) is 7.31. The molecule has 6 nitrogen and oxygen atoms in total. The normalized spacial score (nSPS) is 9.79. The van der Waals surface area contributed by atoms with Crippen LogP contribution in [0.15, 0.2) is 0 Å². The van der Waals surface area contributed by atoms with Gasteiger partial charge in [0.05, 0.1) is 5.56 Å². The van der Waals surface area contributed by atoms with Gasteiger partial charge in [-0.05, 0) is 12.5 Å². The van der Waals surface area contributed by atoms with E-state index in [0.717, 1.165) is 0 Å². The third-order valence-electron chi connectivity index (χ3n) is 1.82. The highest BCUT2D eigenvalue weighted by Gasteiger charge is 2.19. The van der Waals surface area contributed by atoms with Crippen LogP contribution in [-0.2, 0) is 0 Å². The fourth-order valence-corrected chi connectivity index (χ4v) is 1.12. The lowest BCUT2D eigenvalue weighted by Crippen LogP contribution is -2.15. The van der Waals surface area contributed by atoms with Crippen LogP contribution in [-0.4, -0.2) is 27.4 Å². The molecule has 1 heterocycles. The van der Waals surface area contributed by atoms with E-state index >= 15 is 0 Å². The van der Waals surface area contributed by atoms with E-state index in [1.54, 1.807) is 0 Å². The van der Waals surface area contributed by atoms with Crippen molar-refractivity contribution < 1.29 is 19.8 Å². The lowest BCUT2D eigenvalue weighted by Gasteiger charge is -2.07. The van der Waals surface area contributed by atoms with Crippen molar-refractivity contribution in [3.8, 4) is 11.8 Å². The number of carbonyl (C=O) groups is 2. The summed E-state index contributed by atoms with van der Waals surface area (Å²) in [7, 11) is 0. The van der Waals surface area contributed by atoms with Crippen LogP contribution in [0.2, 0.25) is 0 Å². The number of rotatable bonds is 2. The smallest absolute Gasteiger partial charge is 0.254 e. The van der Waals surface area contributed by atoms with Gasteiger partial charge in [-0.3, -0.25) is 9.59 Å². The van der Waals surface area contributed by atoms with Gasteiger partial charge in [-0.15, -0.1) is 0 Å². The maximum Gasteiger partial charge on any atom is 0.254 e. The summed E-state index contributed by atoms with van der Waals surface area (Å²) in [5, 5.41) is 18.3. The lowest BCUT2D eigenvalue weighted by molar-refractivity contribution is 0.0996. The lowest BCUT2D eigenvalue weighted by atomic mass is 10.1. The molecule has 0 bridgehead atoms. The van der Waals surface area contributed by atoms with Crippen LogP contribution in [0.25, 0.3) is 0 Å². The second-order valence-corrected chi connectivity index (χ2v) is 2.65. The summed E-state index contributed by atoms with van der Waals surface area (Å²) in [6, 6.07) is 0. The maximum atomic E-state index is 10.8. The first-order valence-corrected chi connectivity index (χ1v) is 3.66. The number of aldehydes is 1. The Kier molecular flexibility index (Phi) is 2.37. The number of aromatic hydroxyl groups is 2. The summed E-state index contributed by atoms with van der Waals surface area (Å²) in [5.74, 6) is -2.21. The Morgan fingerprint density at radius 1 is 1.43 bits per heavy atom. The standard InChI is InChI=1S/C8H8N2O4/c1-3-4(2-11)7(13)10-8(14)5(3)6(9)12/h2H,1H3,(H2,9,12)(H2,10,13,14). The number of hydrogen-bond acceptors (Lipinski definition) is 5. The molecule has 0 spiro atoms. The second-order valence-electron chi connectivity index (χ2n) is 2.65. The molecular weight excluding hydrogens is 188 g/mol. The number of carbonyl (C=O) groups excluding carboxylic acids is 2. The summed E-state index contributed by atoms with van der Waals surface area (Å²) in [6.45, 7) is 1.38. The Balaban J connectivity index is 3.60. The Morgan fingerprint density at radius 2 is 2.00 bits per heavy atom. The van der Waals surface area contributed by atoms with Crippen molar-refractivity contribution in [2.75, 3.05) is 0 Å². The summed E-state index contributed by atoms with van der Waals surface area (Å²) >= 11 is 0. The van der Waals surface area contributed by atoms with Gasteiger partial charge in [0, 0.05) is 0 Å². The van der Waals surface area contributed by atoms with E-state index in [0.29, 0.717) is 6.29 Å². The van der Waals surface area contributed by atoms with E-state index in [-0.39, 0.29) is 16.7 Å². The number of nitrogens with two attached hydrogens (primary N) is 1. The fourth-order valence-electron chi connectivity index (χ4n) is 1.12. The highest BCUT2D eigenvalue weighted by molar-refractivity contribution is 5.99. The largest absolute Gasteiger partial charge is 0.493 e. The van der Waals surface area contributed by atoms with Crippen molar-refractivity contribution in [1.29, 1.82) is 0 Å². The van der Waals surface area contributed by atoms with Crippen LogP contribution >= 0.6 is 0 Å². The molecule has 0 fully saturated rings. The minimum atomic E-state index is -0.907. The van der Waals surface area contributed by atoms with E-state index in [1.807, 2.05) is 0 Å². The average molecular weight is 196 g/mol. The predicted octanol–water partition coefficient (Wildman–Crippen LogP) is -0.287. The van der Waals surface area contributed by atoms with E-state index < -0.39 is 17.7 Å². The third-order valence-corrected chi connectivity index (χ3v) is 1.82. The average Bonchev–Trinajstić information content (AvgIpc) is 2.02. The van der Waals surface area contributed by atoms with Crippen molar-refractivity contribution in [2.45, 2.75) is 6.92 Å². The molecule has 14 heavy (non-hydrogen) atoms. The number of amides is 1. The molecule has 0 atom stereocenters. The number of pyridine rings is 1. The van der Waals surface area contributed by atoms with E-state index in [2.05, 4.69) is 4.98 Å². The van der Waals surface area contributed by atoms with Gasteiger partial charge >= 0.3 is 0 Å². The first-order chi connectivity index (χ1) is 6.49. The molecule has 1 aromatic heterocycles. The van der Waals surface area contributed by atoms with Crippen LogP contribution in [0.3, 0.4) is 0 Å². The molecule has 0 saturated carbocycles. The van der Waals surface area contributed by atoms with Crippen LogP contribution < -0.4 is 5.73 Å². The van der Waals surface area contributed by atoms with Gasteiger partial charge in [0.15, 0.2) is 6.29 Å². The third kappa shape index (κ3) is 1.37. The Bertz CT molecular complexity index is 414. The van der Waals surface area contributed by atoms with Crippen molar-refractivity contribution in [3.05, 3.63) is 16.7 Å². The monoisotopic (exact) mass is 196 g/mol. The molecule has 0 aliphatic carbocycles. The molecule has 74 valence electrons. The molecule has 0 aromatic carbocycles. The Labute approximate surface area is 79.0 Å². The first-order valence-electron chi connectivity index (χ1n) is 3.66. The highest BCUT2D eigenvalue weighted by atomic mass is 16.3. The molecule has 1 amide bonds. The van der Waals surface area contributed by atoms with E-state index in [4.69, 9.17) is 10.8 Å². The zero-order chi connectivity index (χ0) is 10.9. The van der Waals surface area contributed by atoms with Crippen LogP contribution in [0.1, 0.15) is 26.3 Å². The van der Waals surface area contributed by atoms with E-state index in [1.165, 1.54) is 6.92 Å². The van der Waals surface area contributed by atoms with Crippen LogP contribution in [0.4, 0.5) is 0 Å². The SMILES string of the molecule is Cc1c(C=O)c(O)nc(O)c1C(N)=O. The predicted molar refractivity (Wildman–Crippen MR) is 46.2 cm³/mol. The number of hydrogen-bond donors (Lipinski definition) is 3. The molecule has 0 aliphatic rings. The number of primary amides is 1. The van der Waals surface area contributed by atoms with Gasteiger partial charge in [-0.1, -0.05) is 0 Å². The van der Waals surface area contributed by atoms with Gasteiger partial charge in [-0.2, -0.15) is 4.98 Å². The van der Waals surface area contributed by atoms with Gasteiger partial charge < -0.3 is 15.9 Å². The summed E-state index contributed by atoms with van der Waals surface area (Å²) in [4.78, 5) is 24.6. The second kappa shape index (κ2) is 3.33.